The first kappa shape index (κ1) is 41.8. The van der Waals surface area contributed by atoms with E-state index in [-0.39, 0.29) is 18.3 Å². The molecule has 0 N–H and O–H groups in total. The van der Waals surface area contributed by atoms with Crippen LogP contribution in [0.15, 0.2) is 0 Å². The Morgan fingerprint density at radius 3 is 1.50 bits per heavy atom. The molecule has 4 rings (SSSR count). The van der Waals surface area contributed by atoms with Crippen LogP contribution in [-0.4, -0.2) is 39.1 Å². The summed E-state index contributed by atoms with van der Waals surface area (Å²) in [7, 11) is -2.71. The van der Waals surface area contributed by atoms with Gasteiger partial charge in [-0.05, 0) is 90.8 Å². The van der Waals surface area contributed by atoms with Gasteiger partial charge >= 0.3 is 0 Å². The lowest BCUT2D eigenvalue weighted by Gasteiger charge is -2.38. The van der Waals surface area contributed by atoms with Crippen LogP contribution in [-0.2, 0) is 14.6 Å². The summed E-state index contributed by atoms with van der Waals surface area (Å²) < 4.78 is 54.7. The third-order valence-corrected chi connectivity index (χ3v) is 13.3. The zero-order valence-electron chi connectivity index (χ0n) is 31.0. The molecule has 3 nitrogen and oxygen atoms in total. The molecule has 8 unspecified atom stereocenters. The van der Waals surface area contributed by atoms with Crippen molar-refractivity contribution in [3.63, 3.8) is 0 Å². The molecule has 6 heteroatoms. The summed E-state index contributed by atoms with van der Waals surface area (Å²) in [6.07, 6.45) is 9.79. The molecule has 8 atom stereocenters. The Balaban J connectivity index is 0.000000294. The molecular formula is C38H74F2O3S. The summed E-state index contributed by atoms with van der Waals surface area (Å²) in [6, 6.07) is 0. The first-order valence-electron chi connectivity index (χ1n) is 18.5. The highest BCUT2D eigenvalue weighted by molar-refractivity contribution is 7.91. The molecule has 4 aliphatic rings. The minimum absolute atomic E-state index is 0.0974. The molecule has 0 aromatic heterocycles. The smallest absolute Gasteiger partial charge is 0.251 e. The van der Waals surface area contributed by atoms with Crippen LogP contribution >= 0.6 is 0 Å². The maximum absolute atomic E-state index is 13.4. The molecule has 0 aromatic rings. The summed E-state index contributed by atoms with van der Waals surface area (Å²) in [6.45, 7) is 28.2. The SMILES string of the molecule is CC(C)C1C(C)CCCC1(F)F.CC(C)C1CCCCC1C.CC(C)C1CCOCC1C.CC(C)C1CS(=O)(=O)CCC1C. The van der Waals surface area contributed by atoms with E-state index in [1.165, 1.54) is 32.1 Å². The lowest BCUT2D eigenvalue weighted by Crippen LogP contribution is -2.40. The zero-order chi connectivity index (χ0) is 33.8. The Kier molecular flexibility index (Phi) is 18.6. The van der Waals surface area contributed by atoms with E-state index in [1.54, 1.807) is 0 Å². The molecule has 0 amide bonds. The molecule has 0 aromatic carbocycles. The van der Waals surface area contributed by atoms with E-state index < -0.39 is 21.7 Å². The van der Waals surface area contributed by atoms with Gasteiger partial charge in [0.05, 0.1) is 11.5 Å². The molecule has 264 valence electrons. The monoisotopic (exact) mass is 649 g/mol. The average molecular weight is 649 g/mol. The summed E-state index contributed by atoms with van der Waals surface area (Å²) in [4.78, 5) is 0. The van der Waals surface area contributed by atoms with E-state index in [2.05, 4.69) is 62.3 Å². The summed E-state index contributed by atoms with van der Waals surface area (Å²) >= 11 is 0. The Labute approximate surface area is 273 Å². The van der Waals surface area contributed by atoms with Crippen molar-refractivity contribution in [2.24, 2.45) is 71.0 Å². The van der Waals surface area contributed by atoms with Crippen molar-refractivity contribution in [2.45, 2.75) is 147 Å². The number of hydrogen-bond acceptors (Lipinski definition) is 3. The van der Waals surface area contributed by atoms with Crippen LogP contribution in [0.3, 0.4) is 0 Å². The summed E-state index contributed by atoms with van der Waals surface area (Å²) in [5.41, 5.74) is 0. The van der Waals surface area contributed by atoms with Gasteiger partial charge in [0.1, 0.15) is 0 Å². The van der Waals surface area contributed by atoms with Crippen LogP contribution in [0.4, 0.5) is 8.78 Å². The maximum Gasteiger partial charge on any atom is 0.251 e. The average Bonchev–Trinajstić information content (AvgIpc) is 2.90. The van der Waals surface area contributed by atoms with Crippen LogP contribution in [0.5, 0.6) is 0 Å². The molecule has 0 spiro atoms. The van der Waals surface area contributed by atoms with Crippen LogP contribution in [0, 0.1) is 71.0 Å². The Hall–Kier alpha value is -0.230. The van der Waals surface area contributed by atoms with Gasteiger partial charge in [0.15, 0.2) is 9.84 Å². The molecule has 44 heavy (non-hydrogen) atoms. The van der Waals surface area contributed by atoms with Gasteiger partial charge in [0, 0.05) is 25.6 Å². The quantitative estimate of drug-likeness (QED) is 0.305. The van der Waals surface area contributed by atoms with Crippen molar-refractivity contribution in [2.75, 3.05) is 24.7 Å². The fourth-order valence-electron chi connectivity index (χ4n) is 8.76. The van der Waals surface area contributed by atoms with Gasteiger partial charge < -0.3 is 4.74 Å². The van der Waals surface area contributed by atoms with Crippen LogP contribution < -0.4 is 0 Å². The lowest BCUT2D eigenvalue weighted by molar-refractivity contribution is -0.122. The van der Waals surface area contributed by atoms with Crippen molar-refractivity contribution in [3.05, 3.63) is 0 Å². The van der Waals surface area contributed by atoms with Gasteiger partial charge in [-0.25, -0.2) is 17.2 Å². The van der Waals surface area contributed by atoms with Crippen LogP contribution in [0.1, 0.15) is 141 Å². The molecule has 2 aliphatic heterocycles. The topological polar surface area (TPSA) is 43.4 Å². The number of alkyl halides is 2. The first-order chi connectivity index (χ1) is 20.3. The molecule has 4 fully saturated rings. The van der Waals surface area contributed by atoms with Gasteiger partial charge in [-0.15, -0.1) is 0 Å². The fourth-order valence-corrected chi connectivity index (χ4v) is 11.0. The van der Waals surface area contributed by atoms with Crippen molar-refractivity contribution >= 4 is 9.84 Å². The Morgan fingerprint density at radius 1 is 0.614 bits per heavy atom. The molecule has 2 aliphatic carbocycles. The van der Waals surface area contributed by atoms with Crippen LogP contribution in [0.25, 0.3) is 0 Å². The predicted octanol–water partition coefficient (Wildman–Crippen LogP) is 11.2. The highest BCUT2D eigenvalue weighted by Gasteiger charge is 2.46. The minimum Gasteiger partial charge on any atom is -0.381 e. The van der Waals surface area contributed by atoms with E-state index >= 15 is 0 Å². The highest BCUT2D eigenvalue weighted by Crippen LogP contribution is 2.45. The number of halogens is 2. The molecular weight excluding hydrogens is 574 g/mol. The minimum atomic E-state index is -2.71. The first-order valence-corrected chi connectivity index (χ1v) is 20.3. The maximum atomic E-state index is 13.4. The third-order valence-electron chi connectivity index (χ3n) is 11.5. The largest absolute Gasteiger partial charge is 0.381 e. The molecule has 0 radical (unpaired) electrons. The summed E-state index contributed by atoms with van der Waals surface area (Å²) in [5, 5.41) is 0. The normalized spacial score (nSPS) is 35.1. The lowest BCUT2D eigenvalue weighted by atomic mass is 9.72. The van der Waals surface area contributed by atoms with E-state index in [0.29, 0.717) is 35.7 Å². The Morgan fingerprint density at radius 2 is 1.11 bits per heavy atom. The van der Waals surface area contributed by atoms with Gasteiger partial charge in [-0.1, -0.05) is 109 Å². The predicted molar refractivity (Wildman–Crippen MR) is 186 cm³/mol. The van der Waals surface area contributed by atoms with Gasteiger partial charge in [0.25, 0.3) is 5.92 Å². The third kappa shape index (κ3) is 14.3. The molecule has 0 bridgehead atoms. The van der Waals surface area contributed by atoms with E-state index in [9.17, 15) is 17.2 Å². The fraction of sp³-hybridized carbons (Fsp3) is 1.00. The molecule has 2 saturated heterocycles. The second-order valence-corrected chi connectivity index (χ2v) is 18.8. The zero-order valence-corrected chi connectivity index (χ0v) is 31.8. The Bertz CT molecular complexity index is 843. The second-order valence-electron chi connectivity index (χ2n) is 16.6. The highest BCUT2D eigenvalue weighted by atomic mass is 32.2. The van der Waals surface area contributed by atoms with Gasteiger partial charge in [-0.2, -0.15) is 0 Å². The second kappa shape index (κ2) is 19.6. The summed E-state index contributed by atoms with van der Waals surface area (Å²) in [5.74, 6) is 5.18. The van der Waals surface area contributed by atoms with E-state index in [1.807, 2.05) is 20.8 Å². The van der Waals surface area contributed by atoms with E-state index in [4.69, 9.17) is 4.74 Å². The molecule has 2 heterocycles. The van der Waals surface area contributed by atoms with Crippen LogP contribution in [0.2, 0.25) is 0 Å². The van der Waals surface area contributed by atoms with E-state index in [0.717, 1.165) is 61.6 Å². The van der Waals surface area contributed by atoms with Crippen molar-refractivity contribution < 1.29 is 21.9 Å². The number of ether oxygens (including phenoxy) is 1. The van der Waals surface area contributed by atoms with Crippen molar-refractivity contribution in [1.29, 1.82) is 0 Å². The van der Waals surface area contributed by atoms with Crippen molar-refractivity contribution in [3.8, 4) is 0 Å². The molecule has 2 saturated carbocycles. The standard InChI is InChI=1S/C10H18F2.C10H20.C9H18O2S.C9H18O/c1-7(2)9-8(3)5-4-6-10(9,11)12;1-8(2)10-7-5-4-6-9(10)3;1-7(2)9-6-12(10,11)5-4-8(9)3;1-7(2)9-4-5-10-6-8(9)3/h7-9H,4-6H2,1-3H3;8-10H,4-7H2,1-3H3;7-9H,4-6H2,1-3H3;7-9H,4-6H2,1-3H3. The van der Waals surface area contributed by atoms with Gasteiger partial charge in [-0.3, -0.25) is 0 Å². The number of rotatable bonds is 4. The number of sulfone groups is 1. The number of hydrogen-bond donors (Lipinski definition) is 0. The van der Waals surface area contributed by atoms with Crippen molar-refractivity contribution in [1.82, 2.24) is 0 Å². The van der Waals surface area contributed by atoms with Gasteiger partial charge in [0.2, 0.25) is 0 Å².